The normalized spacial score (nSPS) is 10.5. The summed E-state index contributed by atoms with van der Waals surface area (Å²) >= 11 is 7.48. The monoisotopic (exact) mass is 168 g/mol. The molecule has 0 atom stereocenters. The number of hydrogen-bond donors (Lipinski definition) is 0. The van der Waals surface area contributed by atoms with Crippen LogP contribution in [0, 0.1) is 0 Å². The Balaban J connectivity index is 2.86. The lowest BCUT2D eigenvalue weighted by Gasteiger charge is -1.88. The molecule has 10 heavy (non-hydrogen) atoms. The van der Waals surface area contributed by atoms with Crippen LogP contribution in [0.4, 0.5) is 0 Å². The summed E-state index contributed by atoms with van der Waals surface area (Å²) < 4.78 is 0. The first-order valence-corrected chi connectivity index (χ1v) is 4.30. The molecule has 0 aliphatic rings. The molecule has 1 aromatic carbocycles. The molecule has 50 valence electrons. The third kappa shape index (κ3) is 0.917. The predicted octanol–water partition coefficient (Wildman–Crippen LogP) is 3.55. The van der Waals surface area contributed by atoms with Gasteiger partial charge in [-0.05, 0) is 33.7 Å². The summed E-state index contributed by atoms with van der Waals surface area (Å²) in [5.74, 6) is 0. The van der Waals surface area contributed by atoms with E-state index in [9.17, 15) is 0 Å². The van der Waals surface area contributed by atoms with Gasteiger partial charge < -0.3 is 0 Å². The Hall–Kier alpha value is -0.530. The molecular weight excluding hydrogens is 164 g/mol. The lowest BCUT2D eigenvalue weighted by atomic mass is 10.2. The molecule has 2 rings (SSSR count). The molecule has 0 saturated heterocycles. The Labute approximate surface area is 68.1 Å². The van der Waals surface area contributed by atoms with E-state index < -0.39 is 0 Å². The first-order chi connectivity index (χ1) is 4.86. The van der Waals surface area contributed by atoms with E-state index in [1.54, 1.807) is 11.3 Å². The Bertz CT molecular complexity index is 351. The molecule has 0 saturated carbocycles. The van der Waals surface area contributed by atoms with Crippen molar-refractivity contribution in [3.8, 4) is 0 Å². The highest BCUT2D eigenvalue weighted by Gasteiger charge is 1.92. The molecule has 0 fully saturated rings. The maximum atomic E-state index is 5.78. The SMILES string of the molecule is Clc1ccc2cscc2c1. The Morgan fingerprint density at radius 3 is 2.80 bits per heavy atom. The molecule has 0 spiro atoms. The Kier molecular flexibility index (Phi) is 1.40. The number of thiophene rings is 1. The maximum Gasteiger partial charge on any atom is 0.0412 e. The van der Waals surface area contributed by atoms with Crippen molar-refractivity contribution in [2.24, 2.45) is 0 Å². The van der Waals surface area contributed by atoms with Gasteiger partial charge in [0.2, 0.25) is 0 Å². The molecule has 0 amide bonds. The Morgan fingerprint density at radius 2 is 1.90 bits per heavy atom. The largest absolute Gasteiger partial charge is 0.151 e. The van der Waals surface area contributed by atoms with Crippen LogP contribution in [0.15, 0.2) is 29.0 Å². The minimum absolute atomic E-state index is 0.811. The van der Waals surface area contributed by atoms with Crippen molar-refractivity contribution in [1.29, 1.82) is 0 Å². The van der Waals surface area contributed by atoms with Gasteiger partial charge in [-0.25, -0.2) is 0 Å². The van der Waals surface area contributed by atoms with E-state index in [4.69, 9.17) is 11.6 Å². The van der Waals surface area contributed by atoms with Gasteiger partial charge in [0.05, 0.1) is 0 Å². The van der Waals surface area contributed by atoms with E-state index in [2.05, 4.69) is 10.8 Å². The van der Waals surface area contributed by atoms with Crippen molar-refractivity contribution in [2.75, 3.05) is 0 Å². The van der Waals surface area contributed by atoms with E-state index in [0.717, 1.165) is 5.02 Å². The summed E-state index contributed by atoms with van der Waals surface area (Å²) in [7, 11) is 0. The number of halogens is 1. The van der Waals surface area contributed by atoms with Crippen molar-refractivity contribution in [1.82, 2.24) is 0 Å². The fourth-order valence-electron chi connectivity index (χ4n) is 0.936. The summed E-state index contributed by atoms with van der Waals surface area (Å²) in [6.07, 6.45) is 0. The molecular formula is C8H5ClS. The van der Waals surface area contributed by atoms with Crippen LogP contribution in [-0.4, -0.2) is 0 Å². The van der Waals surface area contributed by atoms with Gasteiger partial charge >= 0.3 is 0 Å². The van der Waals surface area contributed by atoms with Crippen LogP contribution in [0.5, 0.6) is 0 Å². The zero-order valence-corrected chi connectivity index (χ0v) is 6.75. The van der Waals surface area contributed by atoms with Gasteiger partial charge in [0.15, 0.2) is 0 Å². The van der Waals surface area contributed by atoms with Gasteiger partial charge in [0.25, 0.3) is 0 Å². The zero-order valence-electron chi connectivity index (χ0n) is 5.17. The van der Waals surface area contributed by atoms with Crippen LogP contribution >= 0.6 is 22.9 Å². The third-order valence-corrected chi connectivity index (χ3v) is 2.45. The minimum atomic E-state index is 0.811. The molecule has 0 bridgehead atoms. The van der Waals surface area contributed by atoms with E-state index >= 15 is 0 Å². The number of benzene rings is 1. The molecule has 1 aromatic heterocycles. The smallest absolute Gasteiger partial charge is 0.0412 e. The van der Waals surface area contributed by atoms with E-state index in [1.807, 2.05) is 18.2 Å². The van der Waals surface area contributed by atoms with Gasteiger partial charge in [0, 0.05) is 5.02 Å². The quantitative estimate of drug-likeness (QED) is 0.565. The van der Waals surface area contributed by atoms with E-state index in [1.165, 1.54) is 10.8 Å². The second kappa shape index (κ2) is 2.26. The lowest BCUT2D eigenvalue weighted by molar-refractivity contribution is 1.84. The van der Waals surface area contributed by atoms with Gasteiger partial charge in [-0.2, -0.15) is 11.3 Å². The highest BCUT2D eigenvalue weighted by molar-refractivity contribution is 7.09. The van der Waals surface area contributed by atoms with Crippen LogP contribution in [-0.2, 0) is 0 Å². The summed E-state index contributed by atoms with van der Waals surface area (Å²) in [6.45, 7) is 0. The molecule has 0 aliphatic heterocycles. The van der Waals surface area contributed by atoms with Gasteiger partial charge in [0.1, 0.15) is 0 Å². The molecule has 0 N–H and O–H groups in total. The minimum Gasteiger partial charge on any atom is -0.151 e. The fraction of sp³-hybridized carbons (Fsp3) is 0. The van der Waals surface area contributed by atoms with Crippen LogP contribution < -0.4 is 0 Å². The average Bonchev–Trinajstić information content (AvgIpc) is 2.33. The zero-order chi connectivity index (χ0) is 6.97. The number of hydrogen-bond acceptors (Lipinski definition) is 1. The van der Waals surface area contributed by atoms with Crippen molar-refractivity contribution in [3.05, 3.63) is 34.0 Å². The summed E-state index contributed by atoms with van der Waals surface area (Å²) in [6, 6.07) is 5.93. The Morgan fingerprint density at radius 1 is 1.10 bits per heavy atom. The maximum absolute atomic E-state index is 5.78. The highest BCUT2D eigenvalue weighted by atomic mass is 35.5. The van der Waals surface area contributed by atoms with Crippen LogP contribution in [0.25, 0.3) is 10.8 Å². The van der Waals surface area contributed by atoms with Crippen molar-refractivity contribution in [2.45, 2.75) is 0 Å². The van der Waals surface area contributed by atoms with Gasteiger partial charge in [-0.15, -0.1) is 0 Å². The molecule has 2 heteroatoms. The lowest BCUT2D eigenvalue weighted by Crippen LogP contribution is -1.62. The second-order valence-electron chi connectivity index (χ2n) is 2.15. The first-order valence-electron chi connectivity index (χ1n) is 2.98. The summed E-state index contributed by atoms with van der Waals surface area (Å²) in [5.41, 5.74) is 0. The third-order valence-electron chi connectivity index (χ3n) is 1.44. The molecule has 0 aliphatic carbocycles. The average molecular weight is 169 g/mol. The molecule has 0 radical (unpaired) electrons. The van der Waals surface area contributed by atoms with Crippen LogP contribution in [0.3, 0.4) is 0 Å². The number of rotatable bonds is 0. The summed E-state index contributed by atoms with van der Waals surface area (Å²) in [5, 5.41) is 7.53. The van der Waals surface area contributed by atoms with Crippen molar-refractivity contribution >= 4 is 33.7 Å². The molecule has 2 aromatic rings. The van der Waals surface area contributed by atoms with Crippen molar-refractivity contribution < 1.29 is 0 Å². The standard InChI is InChI=1S/C8H5ClS/c9-8-2-1-6-4-10-5-7(6)3-8/h1-5H. The first kappa shape index (κ1) is 6.20. The van der Waals surface area contributed by atoms with Gasteiger partial charge in [-0.1, -0.05) is 17.7 Å². The molecule has 0 nitrogen and oxygen atoms in total. The number of fused-ring (bicyclic) bond motifs is 1. The molecule has 0 unspecified atom stereocenters. The van der Waals surface area contributed by atoms with Crippen LogP contribution in [0.2, 0.25) is 5.02 Å². The van der Waals surface area contributed by atoms with Crippen molar-refractivity contribution in [3.63, 3.8) is 0 Å². The van der Waals surface area contributed by atoms with Gasteiger partial charge in [-0.3, -0.25) is 0 Å². The van der Waals surface area contributed by atoms with E-state index in [0.29, 0.717) is 0 Å². The highest BCUT2D eigenvalue weighted by Crippen LogP contribution is 2.22. The fourth-order valence-corrected chi connectivity index (χ4v) is 1.90. The van der Waals surface area contributed by atoms with Crippen LogP contribution in [0.1, 0.15) is 0 Å². The predicted molar refractivity (Wildman–Crippen MR) is 46.8 cm³/mol. The second-order valence-corrected chi connectivity index (χ2v) is 3.33. The molecule has 1 heterocycles. The topological polar surface area (TPSA) is 0 Å². The summed E-state index contributed by atoms with van der Waals surface area (Å²) in [4.78, 5) is 0. The van der Waals surface area contributed by atoms with E-state index in [-0.39, 0.29) is 0 Å².